The van der Waals surface area contributed by atoms with Crippen LogP contribution >= 0.6 is 0 Å². The van der Waals surface area contributed by atoms with Crippen molar-refractivity contribution in [2.75, 3.05) is 32.4 Å². The van der Waals surface area contributed by atoms with E-state index in [0.29, 0.717) is 25.2 Å². The Bertz CT molecular complexity index is 728. The molecule has 1 aromatic rings. The Morgan fingerprint density at radius 3 is 2.80 bits per heavy atom. The zero-order valence-electron chi connectivity index (χ0n) is 15.1. The Morgan fingerprint density at radius 2 is 2.04 bits per heavy atom. The van der Waals surface area contributed by atoms with Crippen LogP contribution in [-0.2, 0) is 16.6 Å². The molecule has 2 aliphatic heterocycles. The molecule has 0 bridgehead atoms. The highest BCUT2D eigenvalue weighted by Gasteiger charge is 2.32. The quantitative estimate of drug-likeness (QED) is 0.792. The van der Waals surface area contributed by atoms with Crippen molar-refractivity contribution in [3.05, 3.63) is 17.5 Å². The number of piperidine rings is 1. The predicted octanol–water partition coefficient (Wildman–Crippen LogP) is 1.67. The lowest BCUT2D eigenvalue weighted by molar-refractivity contribution is 0.0796. The van der Waals surface area contributed by atoms with E-state index in [9.17, 15) is 13.2 Å². The third-order valence-electron chi connectivity index (χ3n) is 5.18. The molecule has 0 aliphatic carbocycles. The summed E-state index contributed by atoms with van der Waals surface area (Å²) >= 11 is 0. The fourth-order valence-corrected chi connectivity index (χ4v) is 5.35. The molecule has 3 heterocycles. The van der Waals surface area contributed by atoms with Gasteiger partial charge in [-0.05, 0) is 31.7 Å². The van der Waals surface area contributed by atoms with E-state index in [1.165, 1.54) is 0 Å². The molecule has 3 rings (SSSR count). The number of hydrogen-bond acceptors (Lipinski definition) is 4. The second-order valence-corrected chi connectivity index (χ2v) is 9.21. The Balaban J connectivity index is 1.77. The number of sulfonamides is 1. The molecule has 1 fully saturated rings. The zero-order valence-corrected chi connectivity index (χ0v) is 16.0. The Labute approximate surface area is 150 Å². The number of carbonyl (C=O) groups is 1. The van der Waals surface area contributed by atoms with Gasteiger partial charge in [0.25, 0.3) is 5.91 Å². The van der Waals surface area contributed by atoms with E-state index in [4.69, 9.17) is 0 Å². The SMILES string of the molecule is CCCCS(=O)(=O)N1CCCC(c2cc3n(n2)CCCN(C)C3=O)C1. The number of nitrogens with zero attached hydrogens (tertiary/aromatic N) is 4. The molecule has 8 heteroatoms. The molecular weight excluding hydrogens is 340 g/mol. The van der Waals surface area contributed by atoms with Gasteiger partial charge in [0.15, 0.2) is 0 Å². The van der Waals surface area contributed by atoms with Gasteiger partial charge in [0.2, 0.25) is 10.0 Å². The second-order valence-electron chi connectivity index (χ2n) is 7.12. The van der Waals surface area contributed by atoms with Crippen LogP contribution in [0.1, 0.15) is 61.1 Å². The van der Waals surface area contributed by atoms with Crippen molar-refractivity contribution in [3.8, 4) is 0 Å². The van der Waals surface area contributed by atoms with Crippen LogP contribution in [0.4, 0.5) is 0 Å². The summed E-state index contributed by atoms with van der Waals surface area (Å²) in [6.45, 7) is 4.55. The Morgan fingerprint density at radius 1 is 1.24 bits per heavy atom. The number of fused-ring (bicyclic) bond motifs is 1. The first-order chi connectivity index (χ1) is 11.9. The molecule has 25 heavy (non-hydrogen) atoms. The van der Waals surface area contributed by atoms with Crippen molar-refractivity contribution in [3.63, 3.8) is 0 Å². The molecule has 1 atom stereocenters. The van der Waals surface area contributed by atoms with Gasteiger partial charge in [0.1, 0.15) is 5.69 Å². The monoisotopic (exact) mass is 368 g/mol. The summed E-state index contributed by atoms with van der Waals surface area (Å²) in [4.78, 5) is 14.2. The van der Waals surface area contributed by atoms with Crippen LogP contribution in [0.25, 0.3) is 0 Å². The van der Waals surface area contributed by atoms with Gasteiger partial charge in [0.05, 0.1) is 11.4 Å². The van der Waals surface area contributed by atoms with Crippen molar-refractivity contribution in [1.29, 1.82) is 0 Å². The molecule has 2 aliphatic rings. The highest BCUT2D eigenvalue weighted by atomic mass is 32.2. The summed E-state index contributed by atoms with van der Waals surface area (Å²) in [6.07, 6.45) is 4.22. The van der Waals surface area contributed by atoms with Crippen molar-refractivity contribution in [2.24, 2.45) is 0 Å². The number of unbranched alkanes of at least 4 members (excludes halogenated alkanes) is 1. The molecule has 0 aromatic carbocycles. The number of aryl methyl sites for hydroxylation is 1. The highest BCUT2D eigenvalue weighted by Crippen LogP contribution is 2.29. The summed E-state index contributed by atoms with van der Waals surface area (Å²) < 4.78 is 28.4. The van der Waals surface area contributed by atoms with Crippen LogP contribution < -0.4 is 0 Å². The lowest BCUT2D eigenvalue weighted by atomic mass is 9.96. The number of rotatable bonds is 5. The van der Waals surface area contributed by atoms with Crippen LogP contribution in [0.5, 0.6) is 0 Å². The minimum Gasteiger partial charge on any atom is -0.340 e. The topological polar surface area (TPSA) is 75.5 Å². The van der Waals surface area contributed by atoms with Crippen molar-refractivity contribution in [1.82, 2.24) is 19.0 Å². The fraction of sp³-hybridized carbons (Fsp3) is 0.765. The van der Waals surface area contributed by atoms with E-state index < -0.39 is 10.0 Å². The van der Waals surface area contributed by atoms with Crippen molar-refractivity contribution < 1.29 is 13.2 Å². The average Bonchev–Trinajstić information content (AvgIpc) is 2.98. The predicted molar refractivity (Wildman–Crippen MR) is 96.0 cm³/mol. The molecule has 140 valence electrons. The molecule has 1 saturated heterocycles. The first kappa shape index (κ1) is 18.4. The largest absolute Gasteiger partial charge is 0.340 e. The Hall–Kier alpha value is -1.41. The van der Waals surface area contributed by atoms with E-state index >= 15 is 0 Å². The molecule has 0 saturated carbocycles. The van der Waals surface area contributed by atoms with E-state index in [0.717, 1.165) is 44.5 Å². The number of amides is 1. The minimum atomic E-state index is -3.19. The van der Waals surface area contributed by atoms with Gasteiger partial charge < -0.3 is 4.90 Å². The van der Waals surface area contributed by atoms with Gasteiger partial charge in [-0.15, -0.1) is 0 Å². The first-order valence-corrected chi connectivity index (χ1v) is 10.8. The third kappa shape index (κ3) is 3.89. The average molecular weight is 369 g/mol. The second kappa shape index (κ2) is 7.45. The normalized spacial score (nSPS) is 22.7. The maximum Gasteiger partial charge on any atom is 0.271 e. The molecule has 0 spiro atoms. The Kier molecular flexibility index (Phi) is 5.48. The van der Waals surface area contributed by atoms with E-state index in [2.05, 4.69) is 5.10 Å². The standard InChI is InChI=1S/C17H28N4O3S/c1-3-4-11-25(23,24)20-9-5-7-14(13-20)15-12-16-17(22)19(2)8-6-10-21(16)18-15/h12,14H,3-11,13H2,1-2H3. The number of aromatic nitrogens is 2. The highest BCUT2D eigenvalue weighted by molar-refractivity contribution is 7.89. The van der Waals surface area contributed by atoms with Gasteiger partial charge in [-0.2, -0.15) is 5.10 Å². The maximum atomic E-state index is 12.5. The lowest BCUT2D eigenvalue weighted by Crippen LogP contribution is -2.40. The van der Waals surface area contributed by atoms with Crippen LogP contribution in [0.2, 0.25) is 0 Å². The van der Waals surface area contributed by atoms with Crippen molar-refractivity contribution >= 4 is 15.9 Å². The minimum absolute atomic E-state index is 0.000479. The van der Waals surface area contributed by atoms with Gasteiger partial charge in [-0.25, -0.2) is 12.7 Å². The summed E-state index contributed by atoms with van der Waals surface area (Å²) in [5, 5.41) is 4.65. The van der Waals surface area contributed by atoms with Crippen LogP contribution in [-0.4, -0.2) is 65.7 Å². The van der Waals surface area contributed by atoms with E-state index in [1.54, 1.807) is 13.9 Å². The molecule has 7 nitrogen and oxygen atoms in total. The van der Waals surface area contributed by atoms with E-state index in [-0.39, 0.29) is 17.6 Å². The fourth-order valence-electron chi connectivity index (χ4n) is 3.63. The summed E-state index contributed by atoms with van der Waals surface area (Å²) in [5.41, 5.74) is 1.48. The molecule has 1 amide bonds. The lowest BCUT2D eigenvalue weighted by Gasteiger charge is -2.31. The molecule has 0 N–H and O–H groups in total. The van der Waals surface area contributed by atoms with Gasteiger partial charge in [-0.1, -0.05) is 13.3 Å². The number of hydrogen-bond donors (Lipinski definition) is 0. The number of carbonyl (C=O) groups excluding carboxylic acids is 1. The third-order valence-corrected chi connectivity index (χ3v) is 7.10. The first-order valence-electron chi connectivity index (χ1n) is 9.23. The zero-order chi connectivity index (χ0) is 18.0. The van der Waals surface area contributed by atoms with Gasteiger partial charge in [0, 0.05) is 39.1 Å². The van der Waals surface area contributed by atoms with Crippen LogP contribution in [0.15, 0.2) is 6.07 Å². The summed E-state index contributed by atoms with van der Waals surface area (Å²) in [6, 6.07) is 1.87. The van der Waals surface area contributed by atoms with E-state index in [1.807, 2.05) is 20.0 Å². The van der Waals surface area contributed by atoms with Crippen molar-refractivity contribution in [2.45, 2.75) is 51.5 Å². The smallest absolute Gasteiger partial charge is 0.271 e. The summed E-state index contributed by atoms with van der Waals surface area (Å²) in [5.74, 6) is 0.293. The van der Waals surface area contributed by atoms with Crippen LogP contribution in [0, 0.1) is 0 Å². The van der Waals surface area contributed by atoms with Crippen LogP contribution in [0.3, 0.4) is 0 Å². The van der Waals surface area contributed by atoms with Gasteiger partial charge >= 0.3 is 0 Å². The molecular formula is C17H28N4O3S. The molecule has 1 aromatic heterocycles. The van der Waals surface area contributed by atoms with Gasteiger partial charge in [-0.3, -0.25) is 9.48 Å². The summed E-state index contributed by atoms with van der Waals surface area (Å²) in [7, 11) is -1.38. The maximum absolute atomic E-state index is 12.5. The molecule has 1 unspecified atom stereocenters. The molecule has 0 radical (unpaired) electrons.